The highest BCUT2D eigenvalue weighted by molar-refractivity contribution is 6.33. The van der Waals surface area contributed by atoms with Crippen LogP contribution in [-0.4, -0.2) is 32.0 Å². The summed E-state index contributed by atoms with van der Waals surface area (Å²) in [5, 5.41) is 27.1. The molecule has 21 heavy (non-hydrogen) atoms. The number of halogens is 1. The molecule has 1 aromatic carbocycles. The number of carboxylic acid groups (broad SMARTS) is 1. The number of nitriles is 1. The van der Waals surface area contributed by atoms with Crippen LogP contribution in [0.2, 0.25) is 5.02 Å². The van der Waals surface area contributed by atoms with E-state index in [0.717, 1.165) is 10.9 Å². The van der Waals surface area contributed by atoms with Crippen molar-refractivity contribution in [3.05, 3.63) is 40.7 Å². The fourth-order valence-corrected chi connectivity index (χ4v) is 1.72. The number of carbonyl (C=O) groups excluding carboxylic acids is 1. The van der Waals surface area contributed by atoms with Gasteiger partial charge in [-0.3, -0.25) is 4.79 Å². The van der Waals surface area contributed by atoms with Gasteiger partial charge in [0.05, 0.1) is 28.5 Å². The topological polar surface area (TPSA) is 121 Å². The number of aromatic nitrogens is 3. The standard InChI is InChI=1S/C12H8ClN5O3/c13-8-3-7(4-14)1-2-9(8)15-11(19)6-18-5-10(12(20)21)16-17-18/h1-3,5H,6H2,(H,15,19)(H,20,21). The number of hydrogen-bond acceptors (Lipinski definition) is 5. The monoisotopic (exact) mass is 305 g/mol. The van der Waals surface area contributed by atoms with E-state index < -0.39 is 11.9 Å². The molecule has 1 aromatic heterocycles. The zero-order valence-corrected chi connectivity index (χ0v) is 11.2. The third-order valence-corrected chi connectivity index (χ3v) is 2.75. The van der Waals surface area contributed by atoms with Crippen molar-refractivity contribution in [1.29, 1.82) is 5.26 Å². The molecule has 8 nitrogen and oxygen atoms in total. The van der Waals surface area contributed by atoms with E-state index in [1.807, 2.05) is 6.07 Å². The molecule has 0 saturated heterocycles. The van der Waals surface area contributed by atoms with Gasteiger partial charge in [-0.05, 0) is 18.2 Å². The molecule has 0 atom stereocenters. The molecule has 0 aliphatic carbocycles. The van der Waals surface area contributed by atoms with Crippen LogP contribution in [0.5, 0.6) is 0 Å². The summed E-state index contributed by atoms with van der Waals surface area (Å²) in [5.41, 5.74) is 0.471. The summed E-state index contributed by atoms with van der Waals surface area (Å²) in [5.74, 6) is -1.68. The molecule has 0 radical (unpaired) electrons. The van der Waals surface area contributed by atoms with Crippen LogP contribution in [0.3, 0.4) is 0 Å². The number of aromatic carboxylic acids is 1. The van der Waals surface area contributed by atoms with E-state index in [4.69, 9.17) is 22.0 Å². The number of carboxylic acids is 1. The van der Waals surface area contributed by atoms with E-state index in [1.54, 1.807) is 0 Å². The van der Waals surface area contributed by atoms with Gasteiger partial charge in [0.2, 0.25) is 5.91 Å². The van der Waals surface area contributed by atoms with Crippen LogP contribution in [-0.2, 0) is 11.3 Å². The summed E-state index contributed by atoms with van der Waals surface area (Å²) in [7, 11) is 0. The minimum Gasteiger partial charge on any atom is -0.476 e. The summed E-state index contributed by atoms with van der Waals surface area (Å²) in [6.45, 7) is -0.212. The van der Waals surface area contributed by atoms with Gasteiger partial charge in [-0.2, -0.15) is 5.26 Å². The zero-order valence-electron chi connectivity index (χ0n) is 10.4. The molecule has 1 heterocycles. The molecule has 0 unspecified atom stereocenters. The number of nitrogens with zero attached hydrogens (tertiary/aromatic N) is 4. The summed E-state index contributed by atoms with van der Waals surface area (Å²) >= 11 is 5.92. The van der Waals surface area contributed by atoms with E-state index in [-0.39, 0.29) is 17.3 Å². The molecule has 0 fully saturated rings. The van der Waals surface area contributed by atoms with Gasteiger partial charge in [0.15, 0.2) is 5.69 Å². The Morgan fingerprint density at radius 1 is 1.48 bits per heavy atom. The van der Waals surface area contributed by atoms with Crippen LogP contribution in [0.1, 0.15) is 16.1 Å². The smallest absolute Gasteiger partial charge is 0.358 e. The maximum atomic E-state index is 11.8. The molecule has 9 heteroatoms. The molecule has 106 valence electrons. The first kappa shape index (κ1) is 14.5. The molecule has 0 bridgehead atoms. The maximum absolute atomic E-state index is 11.8. The molecule has 2 N–H and O–H groups in total. The van der Waals surface area contributed by atoms with Crippen LogP contribution >= 0.6 is 11.6 Å². The fraction of sp³-hybridized carbons (Fsp3) is 0.0833. The second-order valence-electron chi connectivity index (χ2n) is 3.96. The molecule has 0 spiro atoms. The highest BCUT2D eigenvalue weighted by Crippen LogP contribution is 2.22. The number of nitrogens with one attached hydrogen (secondary N) is 1. The average molecular weight is 306 g/mol. The van der Waals surface area contributed by atoms with Gasteiger partial charge in [0, 0.05) is 0 Å². The minimum atomic E-state index is -1.23. The van der Waals surface area contributed by atoms with Crippen molar-refractivity contribution in [2.24, 2.45) is 0 Å². The van der Waals surface area contributed by atoms with E-state index in [2.05, 4.69) is 15.6 Å². The van der Waals surface area contributed by atoms with Gasteiger partial charge in [0.25, 0.3) is 0 Å². The Morgan fingerprint density at radius 2 is 2.24 bits per heavy atom. The van der Waals surface area contributed by atoms with E-state index in [0.29, 0.717) is 11.3 Å². The van der Waals surface area contributed by atoms with Crippen molar-refractivity contribution in [2.45, 2.75) is 6.54 Å². The number of rotatable bonds is 4. The lowest BCUT2D eigenvalue weighted by Gasteiger charge is -2.07. The first-order valence-electron chi connectivity index (χ1n) is 5.62. The Labute approximate surface area is 123 Å². The average Bonchev–Trinajstić information content (AvgIpc) is 2.89. The van der Waals surface area contributed by atoms with E-state index >= 15 is 0 Å². The second kappa shape index (κ2) is 6.02. The number of benzene rings is 1. The molecule has 0 aliphatic rings. The van der Waals surface area contributed by atoms with Crippen LogP contribution in [0.4, 0.5) is 5.69 Å². The Kier molecular flexibility index (Phi) is 4.15. The zero-order chi connectivity index (χ0) is 15.4. The van der Waals surface area contributed by atoms with E-state index in [9.17, 15) is 9.59 Å². The van der Waals surface area contributed by atoms with Crippen molar-refractivity contribution in [3.63, 3.8) is 0 Å². The van der Waals surface area contributed by atoms with E-state index in [1.165, 1.54) is 18.2 Å². The Bertz CT molecular complexity index is 750. The van der Waals surface area contributed by atoms with Crippen LogP contribution in [0.25, 0.3) is 0 Å². The number of hydrogen-bond donors (Lipinski definition) is 2. The van der Waals surface area contributed by atoms with Gasteiger partial charge in [-0.1, -0.05) is 16.8 Å². The third-order valence-electron chi connectivity index (χ3n) is 2.44. The molecule has 2 aromatic rings. The Balaban J connectivity index is 2.04. The molecular formula is C12H8ClN5O3. The van der Waals surface area contributed by atoms with Gasteiger partial charge < -0.3 is 10.4 Å². The van der Waals surface area contributed by atoms with Gasteiger partial charge in [-0.15, -0.1) is 5.10 Å². The molecule has 0 saturated carbocycles. The van der Waals surface area contributed by atoms with Crippen molar-refractivity contribution in [3.8, 4) is 6.07 Å². The third kappa shape index (κ3) is 3.55. The fourth-order valence-electron chi connectivity index (χ4n) is 1.50. The number of amides is 1. The summed E-state index contributed by atoms with van der Waals surface area (Å²) in [6.07, 6.45) is 1.14. The lowest BCUT2D eigenvalue weighted by Crippen LogP contribution is -2.19. The number of anilines is 1. The highest BCUT2D eigenvalue weighted by Gasteiger charge is 2.12. The number of carbonyl (C=O) groups is 2. The Hall–Kier alpha value is -2.92. The van der Waals surface area contributed by atoms with Crippen molar-refractivity contribution >= 4 is 29.2 Å². The molecule has 1 amide bonds. The molecule has 2 rings (SSSR count). The lowest BCUT2D eigenvalue weighted by molar-refractivity contribution is -0.116. The minimum absolute atomic E-state index is 0.212. The van der Waals surface area contributed by atoms with Crippen LogP contribution in [0.15, 0.2) is 24.4 Å². The predicted octanol–water partition coefficient (Wildman–Crippen LogP) is 1.14. The molecule has 0 aliphatic heterocycles. The SMILES string of the molecule is N#Cc1ccc(NC(=O)Cn2cc(C(=O)O)nn2)c(Cl)c1. The second-order valence-corrected chi connectivity index (χ2v) is 4.37. The first-order valence-corrected chi connectivity index (χ1v) is 6.00. The van der Waals surface area contributed by atoms with Crippen molar-refractivity contribution in [1.82, 2.24) is 15.0 Å². The first-order chi connectivity index (χ1) is 9.99. The highest BCUT2D eigenvalue weighted by atomic mass is 35.5. The van der Waals surface area contributed by atoms with Gasteiger partial charge >= 0.3 is 5.97 Å². The summed E-state index contributed by atoms with van der Waals surface area (Å²) < 4.78 is 1.09. The van der Waals surface area contributed by atoms with Gasteiger partial charge in [-0.25, -0.2) is 9.48 Å². The normalized spacial score (nSPS) is 9.90. The largest absolute Gasteiger partial charge is 0.476 e. The Morgan fingerprint density at radius 3 is 2.81 bits per heavy atom. The van der Waals surface area contributed by atoms with Crippen LogP contribution < -0.4 is 5.32 Å². The van der Waals surface area contributed by atoms with Crippen molar-refractivity contribution < 1.29 is 14.7 Å². The van der Waals surface area contributed by atoms with Crippen LogP contribution in [0, 0.1) is 11.3 Å². The predicted molar refractivity (Wildman–Crippen MR) is 71.8 cm³/mol. The lowest BCUT2D eigenvalue weighted by atomic mass is 10.2. The quantitative estimate of drug-likeness (QED) is 0.873. The summed E-state index contributed by atoms with van der Waals surface area (Å²) in [6, 6.07) is 6.37. The summed E-state index contributed by atoms with van der Waals surface area (Å²) in [4.78, 5) is 22.4. The van der Waals surface area contributed by atoms with Crippen molar-refractivity contribution in [2.75, 3.05) is 5.32 Å². The molecular weight excluding hydrogens is 298 g/mol. The maximum Gasteiger partial charge on any atom is 0.358 e. The van der Waals surface area contributed by atoms with Gasteiger partial charge in [0.1, 0.15) is 6.54 Å².